The van der Waals surface area contributed by atoms with E-state index in [2.05, 4.69) is 32.7 Å². The molecule has 100 valence electrons. The summed E-state index contributed by atoms with van der Waals surface area (Å²) < 4.78 is 18.3. The van der Waals surface area contributed by atoms with Crippen molar-refractivity contribution in [1.29, 1.82) is 0 Å². The summed E-state index contributed by atoms with van der Waals surface area (Å²) >= 11 is 5.85. The predicted octanol–water partition coefficient (Wildman–Crippen LogP) is 3.80. The highest BCUT2D eigenvalue weighted by molar-refractivity contribution is 6.32. The molecule has 0 saturated heterocycles. The van der Waals surface area contributed by atoms with Crippen molar-refractivity contribution < 1.29 is 9.13 Å². The van der Waals surface area contributed by atoms with Crippen LogP contribution in [0.15, 0.2) is 30.4 Å². The molecule has 0 heterocycles. The Morgan fingerprint density at radius 1 is 1.44 bits per heavy atom. The molecule has 18 heavy (non-hydrogen) atoms. The van der Waals surface area contributed by atoms with Gasteiger partial charge < -0.3 is 10.1 Å². The minimum atomic E-state index is -0.374. The third-order valence-corrected chi connectivity index (χ3v) is 2.49. The molecule has 0 fully saturated rings. The molecule has 0 atom stereocenters. The van der Waals surface area contributed by atoms with Gasteiger partial charge in [-0.25, -0.2) is 4.39 Å². The van der Waals surface area contributed by atoms with Gasteiger partial charge in [-0.2, -0.15) is 0 Å². The molecule has 1 aromatic carbocycles. The summed E-state index contributed by atoms with van der Waals surface area (Å²) in [5, 5.41) is 3.58. The Morgan fingerprint density at radius 2 is 2.11 bits per heavy atom. The van der Waals surface area contributed by atoms with Crippen molar-refractivity contribution in [2.75, 3.05) is 13.2 Å². The van der Waals surface area contributed by atoms with E-state index >= 15 is 0 Å². The minimum Gasteiger partial charge on any atom is -0.488 e. The minimum absolute atomic E-state index is 0.0382. The van der Waals surface area contributed by atoms with Gasteiger partial charge in [0.05, 0.1) is 5.02 Å². The van der Waals surface area contributed by atoms with Crippen LogP contribution in [0.5, 0.6) is 5.75 Å². The molecule has 0 spiro atoms. The summed E-state index contributed by atoms with van der Waals surface area (Å²) in [6.07, 6.45) is 0. The number of hydrogen-bond acceptors (Lipinski definition) is 2. The monoisotopic (exact) mass is 271 g/mol. The van der Waals surface area contributed by atoms with Crippen LogP contribution in [0, 0.1) is 5.82 Å². The average molecular weight is 272 g/mol. The topological polar surface area (TPSA) is 21.3 Å². The Bertz CT molecular complexity index is 426. The molecule has 0 amide bonds. The van der Waals surface area contributed by atoms with Gasteiger partial charge in [-0.05, 0) is 44.5 Å². The van der Waals surface area contributed by atoms with E-state index < -0.39 is 0 Å². The zero-order chi connectivity index (χ0) is 13.8. The van der Waals surface area contributed by atoms with E-state index in [1.54, 1.807) is 0 Å². The van der Waals surface area contributed by atoms with E-state index in [1.807, 2.05) is 0 Å². The van der Waals surface area contributed by atoms with Crippen molar-refractivity contribution in [3.8, 4) is 5.75 Å². The first-order valence-electron chi connectivity index (χ1n) is 5.77. The molecule has 0 unspecified atom stereocenters. The first kappa shape index (κ1) is 15.0. The maximum Gasteiger partial charge on any atom is 0.138 e. The van der Waals surface area contributed by atoms with E-state index in [4.69, 9.17) is 16.3 Å². The van der Waals surface area contributed by atoms with Crippen LogP contribution in [0.4, 0.5) is 4.39 Å². The number of nitrogens with one attached hydrogen (secondary N) is 1. The van der Waals surface area contributed by atoms with Crippen molar-refractivity contribution in [3.63, 3.8) is 0 Å². The Kier molecular flexibility index (Phi) is 5.17. The Hall–Kier alpha value is -1.06. The van der Waals surface area contributed by atoms with Crippen LogP contribution in [-0.4, -0.2) is 18.7 Å². The lowest BCUT2D eigenvalue weighted by molar-refractivity contribution is 0.341. The molecule has 1 rings (SSSR count). The lowest BCUT2D eigenvalue weighted by atomic mass is 10.1. The maximum atomic E-state index is 12.8. The quantitative estimate of drug-likeness (QED) is 0.823. The maximum absolute atomic E-state index is 12.8. The molecule has 0 bridgehead atoms. The normalized spacial score (nSPS) is 11.4. The van der Waals surface area contributed by atoms with Crippen LogP contribution in [-0.2, 0) is 0 Å². The van der Waals surface area contributed by atoms with E-state index in [1.165, 1.54) is 18.2 Å². The molecule has 1 N–H and O–H groups in total. The second-order valence-corrected chi connectivity index (χ2v) is 5.62. The van der Waals surface area contributed by atoms with Crippen molar-refractivity contribution in [2.45, 2.75) is 26.3 Å². The smallest absolute Gasteiger partial charge is 0.138 e. The van der Waals surface area contributed by atoms with Crippen LogP contribution in [0.2, 0.25) is 5.02 Å². The van der Waals surface area contributed by atoms with Crippen LogP contribution >= 0.6 is 11.6 Å². The summed E-state index contributed by atoms with van der Waals surface area (Å²) in [5.41, 5.74) is 0.946. The predicted molar refractivity (Wildman–Crippen MR) is 73.8 cm³/mol. The van der Waals surface area contributed by atoms with E-state index in [9.17, 15) is 4.39 Å². The third kappa shape index (κ3) is 5.52. The lowest BCUT2D eigenvalue weighted by Crippen LogP contribution is -2.37. The fourth-order valence-corrected chi connectivity index (χ4v) is 1.44. The van der Waals surface area contributed by atoms with Crippen molar-refractivity contribution in [3.05, 3.63) is 41.2 Å². The zero-order valence-corrected chi connectivity index (χ0v) is 11.8. The van der Waals surface area contributed by atoms with Gasteiger partial charge >= 0.3 is 0 Å². The van der Waals surface area contributed by atoms with Gasteiger partial charge in [-0.3, -0.25) is 0 Å². The highest BCUT2D eigenvalue weighted by Gasteiger charge is 2.09. The van der Waals surface area contributed by atoms with Gasteiger partial charge in [0.2, 0.25) is 0 Å². The molecule has 0 aliphatic carbocycles. The zero-order valence-electron chi connectivity index (χ0n) is 11.0. The van der Waals surface area contributed by atoms with E-state index in [0.717, 1.165) is 5.57 Å². The molecular weight excluding hydrogens is 253 g/mol. The standard InChI is InChI=1S/C14H19ClFNO/c1-10(8-17-14(2,3)4)9-18-13-6-5-11(16)7-12(13)15/h5-7,17H,1,8-9H2,2-4H3. The molecule has 0 aromatic heterocycles. The average Bonchev–Trinajstić information content (AvgIpc) is 2.24. The first-order valence-corrected chi connectivity index (χ1v) is 6.15. The SMILES string of the molecule is C=C(CNC(C)(C)C)COc1ccc(F)cc1Cl. The van der Waals surface area contributed by atoms with Crippen molar-refractivity contribution in [1.82, 2.24) is 5.32 Å². The summed E-state index contributed by atoms with van der Waals surface area (Å²) in [5.74, 6) is 0.0931. The Morgan fingerprint density at radius 3 is 2.67 bits per heavy atom. The summed E-state index contributed by atoms with van der Waals surface area (Å²) in [4.78, 5) is 0. The number of halogens is 2. The van der Waals surface area contributed by atoms with Crippen LogP contribution in [0.3, 0.4) is 0 Å². The molecule has 1 aromatic rings. The molecule has 0 aliphatic rings. The lowest BCUT2D eigenvalue weighted by Gasteiger charge is -2.21. The number of hydrogen-bond donors (Lipinski definition) is 1. The number of ether oxygens (including phenoxy) is 1. The fraction of sp³-hybridized carbons (Fsp3) is 0.429. The summed E-state index contributed by atoms with van der Waals surface area (Å²) in [6.45, 7) is 11.2. The Labute approximate surface area is 113 Å². The molecule has 0 radical (unpaired) electrons. The second kappa shape index (κ2) is 6.21. The van der Waals surface area contributed by atoms with Crippen molar-refractivity contribution >= 4 is 11.6 Å². The molecule has 4 heteroatoms. The van der Waals surface area contributed by atoms with E-state index in [0.29, 0.717) is 18.9 Å². The van der Waals surface area contributed by atoms with Gasteiger partial charge in [0.1, 0.15) is 18.2 Å². The highest BCUT2D eigenvalue weighted by Crippen LogP contribution is 2.25. The van der Waals surface area contributed by atoms with Crippen LogP contribution in [0.25, 0.3) is 0 Å². The van der Waals surface area contributed by atoms with Crippen LogP contribution in [0.1, 0.15) is 20.8 Å². The van der Waals surface area contributed by atoms with Gasteiger partial charge in [-0.15, -0.1) is 0 Å². The number of rotatable bonds is 5. The van der Waals surface area contributed by atoms with E-state index in [-0.39, 0.29) is 16.4 Å². The molecule has 0 aliphatic heterocycles. The van der Waals surface area contributed by atoms with Gasteiger partial charge in [0, 0.05) is 12.1 Å². The van der Waals surface area contributed by atoms with Gasteiger partial charge in [-0.1, -0.05) is 18.2 Å². The van der Waals surface area contributed by atoms with Gasteiger partial charge in [0.15, 0.2) is 0 Å². The molecule has 0 saturated carbocycles. The van der Waals surface area contributed by atoms with Gasteiger partial charge in [0.25, 0.3) is 0 Å². The molecule has 2 nitrogen and oxygen atoms in total. The Balaban J connectivity index is 2.43. The largest absolute Gasteiger partial charge is 0.488 e. The van der Waals surface area contributed by atoms with Crippen LogP contribution < -0.4 is 10.1 Å². The summed E-state index contributed by atoms with van der Waals surface area (Å²) in [6, 6.07) is 4.06. The first-order chi connectivity index (χ1) is 8.28. The number of benzene rings is 1. The highest BCUT2D eigenvalue weighted by atomic mass is 35.5. The fourth-order valence-electron chi connectivity index (χ4n) is 1.21. The summed E-state index contributed by atoms with van der Waals surface area (Å²) in [7, 11) is 0. The van der Waals surface area contributed by atoms with Crippen molar-refractivity contribution in [2.24, 2.45) is 0 Å². The second-order valence-electron chi connectivity index (χ2n) is 5.22. The third-order valence-electron chi connectivity index (χ3n) is 2.19. The molecular formula is C14H19ClFNO.